The van der Waals surface area contributed by atoms with Gasteiger partial charge in [-0.1, -0.05) is 60.7 Å². The minimum atomic E-state index is -0.843. The number of carboxylic acids is 1. The average molecular weight is 351 g/mol. The first-order chi connectivity index (χ1) is 12.6. The lowest BCUT2D eigenvalue weighted by Crippen LogP contribution is -2.33. The van der Waals surface area contributed by atoms with Crippen LogP contribution in [0.5, 0.6) is 0 Å². The summed E-state index contributed by atoms with van der Waals surface area (Å²) in [5, 5.41) is 12.0. The maximum Gasteiger partial charge on any atom is 0.303 e. The predicted octanol–water partition coefficient (Wildman–Crippen LogP) is 4.29. The summed E-state index contributed by atoms with van der Waals surface area (Å²) in [6, 6.07) is 19.8. The van der Waals surface area contributed by atoms with Crippen molar-refractivity contribution >= 4 is 11.9 Å². The molecule has 136 valence electrons. The molecule has 1 unspecified atom stereocenters. The number of carbonyl (C=O) groups is 2. The minimum Gasteiger partial charge on any atom is -0.481 e. The van der Waals surface area contributed by atoms with Gasteiger partial charge in [0.2, 0.25) is 5.91 Å². The van der Waals surface area contributed by atoms with Gasteiger partial charge in [0.05, 0.1) is 6.04 Å². The molecule has 1 atom stereocenters. The highest BCUT2D eigenvalue weighted by molar-refractivity contribution is 5.77. The first-order valence-corrected chi connectivity index (χ1v) is 9.23. The van der Waals surface area contributed by atoms with E-state index in [1.165, 1.54) is 5.56 Å². The third-order valence-electron chi connectivity index (χ3n) is 5.16. The lowest BCUT2D eigenvalue weighted by atomic mass is 9.70. The number of carbonyl (C=O) groups excluding carboxylic acids is 1. The summed E-state index contributed by atoms with van der Waals surface area (Å²) in [6.45, 7) is 0. The van der Waals surface area contributed by atoms with Crippen LogP contribution in [0.15, 0.2) is 60.7 Å². The van der Waals surface area contributed by atoms with Gasteiger partial charge in [-0.05, 0) is 42.2 Å². The molecule has 1 aliphatic rings. The van der Waals surface area contributed by atoms with Crippen LogP contribution >= 0.6 is 0 Å². The Morgan fingerprint density at radius 1 is 1.00 bits per heavy atom. The van der Waals surface area contributed by atoms with Crippen LogP contribution in [-0.4, -0.2) is 17.0 Å². The summed E-state index contributed by atoms with van der Waals surface area (Å²) in [6.07, 6.45) is 3.05. The molecule has 0 saturated heterocycles. The molecule has 1 fully saturated rings. The fourth-order valence-corrected chi connectivity index (χ4v) is 3.69. The van der Waals surface area contributed by atoms with Crippen molar-refractivity contribution in [3.05, 3.63) is 71.8 Å². The first kappa shape index (κ1) is 18.2. The van der Waals surface area contributed by atoms with Crippen LogP contribution in [0.4, 0.5) is 0 Å². The highest BCUT2D eigenvalue weighted by Gasteiger charge is 2.32. The van der Waals surface area contributed by atoms with Crippen molar-refractivity contribution < 1.29 is 14.7 Å². The number of nitrogens with one attached hydrogen (secondary N) is 1. The second kappa shape index (κ2) is 8.65. The van der Waals surface area contributed by atoms with E-state index in [0.717, 1.165) is 18.4 Å². The van der Waals surface area contributed by atoms with Crippen molar-refractivity contribution in [3.63, 3.8) is 0 Å². The number of carboxylic acid groups (broad SMARTS) is 1. The van der Waals surface area contributed by atoms with E-state index in [1.54, 1.807) is 0 Å². The maximum absolute atomic E-state index is 12.5. The predicted molar refractivity (Wildman–Crippen MR) is 101 cm³/mol. The fourth-order valence-electron chi connectivity index (χ4n) is 3.69. The molecule has 0 heterocycles. The smallest absolute Gasteiger partial charge is 0.303 e. The van der Waals surface area contributed by atoms with E-state index in [4.69, 9.17) is 5.11 Å². The van der Waals surface area contributed by atoms with Crippen LogP contribution in [-0.2, 0) is 9.59 Å². The molecule has 3 rings (SSSR count). The third kappa shape index (κ3) is 4.94. The summed E-state index contributed by atoms with van der Waals surface area (Å²) in [5.41, 5.74) is 2.31. The first-order valence-electron chi connectivity index (χ1n) is 9.23. The van der Waals surface area contributed by atoms with Crippen molar-refractivity contribution in [1.82, 2.24) is 5.32 Å². The lowest BCUT2D eigenvalue weighted by Gasteiger charge is -2.35. The fraction of sp³-hybridized carbons (Fsp3) is 0.364. The van der Waals surface area contributed by atoms with Crippen LogP contribution in [0.1, 0.15) is 55.2 Å². The minimum absolute atomic E-state index is 0.0146. The van der Waals surface area contributed by atoms with Gasteiger partial charge in [0, 0.05) is 12.8 Å². The Labute approximate surface area is 154 Å². The Hall–Kier alpha value is -2.62. The molecular formula is C22H25NO3. The third-order valence-corrected chi connectivity index (χ3v) is 5.16. The van der Waals surface area contributed by atoms with Crippen LogP contribution in [0.3, 0.4) is 0 Å². The molecular weight excluding hydrogens is 326 g/mol. The van der Waals surface area contributed by atoms with Crippen molar-refractivity contribution in [2.75, 3.05) is 0 Å². The Morgan fingerprint density at radius 2 is 1.62 bits per heavy atom. The largest absolute Gasteiger partial charge is 0.481 e. The molecule has 2 aromatic rings. The standard InChI is InChI=1S/C22H25NO3/c24-21(15-16-13-19(14-16)17-7-3-1-4-8-17)23-20(11-12-22(25)26)18-9-5-2-6-10-18/h1-10,16,19-20H,11-15H2,(H,23,24)(H,25,26). The second-order valence-electron chi connectivity index (χ2n) is 7.11. The quantitative estimate of drug-likeness (QED) is 0.745. The van der Waals surface area contributed by atoms with Gasteiger partial charge in [-0.15, -0.1) is 0 Å². The monoisotopic (exact) mass is 351 g/mol. The summed E-state index contributed by atoms with van der Waals surface area (Å²) < 4.78 is 0. The Morgan fingerprint density at radius 3 is 2.23 bits per heavy atom. The van der Waals surface area contributed by atoms with Crippen molar-refractivity contribution in [3.8, 4) is 0 Å². The summed E-state index contributed by atoms with van der Waals surface area (Å²) in [5.74, 6) is 0.146. The molecule has 1 aliphatic carbocycles. The van der Waals surface area contributed by atoms with Crippen LogP contribution in [0, 0.1) is 5.92 Å². The zero-order valence-electron chi connectivity index (χ0n) is 14.8. The topological polar surface area (TPSA) is 66.4 Å². The van der Waals surface area contributed by atoms with E-state index in [-0.39, 0.29) is 18.4 Å². The zero-order chi connectivity index (χ0) is 18.4. The molecule has 0 spiro atoms. The van der Waals surface area contributed by atoms with E-state index < -0.39 is 5.97 Å². The maximum atomic E-state index is 12.5. The molecule has 0 radical (unpaired) electrons. The van der Waals surface area contributed by atoms with Crippen LogP contribution in [0.2, 0.25) is 0 Å². The van der Waals surface area contributed by atoms with Gasteiger partial charge in [0.25, 0.3) is 0 Å². The summed E-state index contributed by atoms with van der Waals surface area (Å²) in [4.78, 5) is 23.4. The number of benzene rings is 2. The van der Waals surface area contributed by atoms with Gasteiger partial charge >= 0.3 is 5.97 Å². The Balaban J connectivity index is 1.51. The van der Waals surface area contributed by atoms with Crippen molar-refractivity contribution in [2.45, 2.75) is 44.1 Å². The van der Waals surface area contributed by atoms with Crippen molar-refractivity contribution in [1.29, 1.82) is 0 Å². The Kier molecular flexibility index (Phi) is 6.05. The summed E-state index contributed by atoms with van der Waals surface area (Å²) >= 11 is 0. The normalized spacial score (nSPS) is 20.0. The van der Waals surface area contributed by atoms with Gasteiger partial charge in [-0.3, -0.25) is 9.59 Å². The highest BCUT2D eigenvalue weighted by atomic mass is 16.4. The van der Waals surface area contributed by atoms with Crippen LogP contribution < -0.4 is 5.32 Å². The SMILES string of the molecule is O=C(O)CCC(NC(=O)CC1CC(c2ccccc2)C1)c1ccccc1. The number of hydrogen-bond donors (Lipinski definition) is 2. The van der Waals surface area contributed by atoms with Crippen LogP contribution in [0.25, 0.3) is 0 Å². The molecule has 1 saturated carbocycles. The van der Waals surface area contributed by atoms with E-state index in [2.05, 4.69) is 29.6 Å². The van der Waals surface area contributed by atoms with Gasteiger partial charge in [-0.2, -0.15) is 0 Å². The second-order valence-corrected chi connectivity index (χ2v) is 7.11. The Bertz CT molecular complexity index is 724. The number of rotatable bonds is 8. The van der Waals surface area contributed by atoms with Gasteiger partial charge in [0.1, 0.15) is 0 Å². The van der Waals surface area contributed by atoms with E-state index >= 15 is 0 Å². The number of hydrogen-bond acceptors (Lipinski definition) is 2. The lowest BCUT2D eigenvalue weighted by molar-refractivity contribution is -0.137. The number of amides is 1. The molecule has 1 amide bonds. The van der Waals surface area contributed by atoms with E-state index in [0.29, 0.717) is 24.7 Å². The molecule has 4 nitrogen and oxygen atoms in total. The highest BCUT2D eigenvalue weighted by Crippen LogP contribution is 2.43. The molecule has 4 heteroatoms. The molecule has 26 heavy (non-hydrogen) atoms. The number of aliphatic carboxylic acids is 1. The molecule has 0 aliphatic heterocycles. The zero-order valence-corrected chi connectivity index (χ0v) is 14.8. The van der Waals surface area contributed by atoms with Gasteiger partial charge in [0.15, 0.2) is 0 Å². The molecule has 2 aromatic carbocycles. The van der Waals surface area contributed by atoms with E-state index in [9.17, 15) is 9.59 Å². The van der Waals surface area contributed by atoms with Gasteiger partial charge < -0.3 is 10.4 Å². The van der Waals surface area contributed by atoms with E-state index in [1.807, 2.05) is 36.4 Å². The molecule has 0 bridgehead atoms. The average Bonchev–Trinajstić information content (AvgIpc) is 2.62. The molecule has 0 aromatic heterocycles. The van der Waals surface area contributed by atoms with Gasteiger partial charge in [-0.25, -0.2) is 0 Å². The molecule has 2 N–H and O–H groups in total. The van der Waals surface area contributed by atoms with Crippen molar-refractivity contribution in [2.24, 2.45) is 5.92 Å². The summed E-state index contributed by atoms with van der Waals surface area (Å²) in [7, 11) is 0.